The Morgan fingerprint density at radius 2 is 1.68 bits per heavy atom. The summed E-state index contributed by atoms with van der Waals surface area (Å²) in [6, 6.07) is 16.4. The van der Waals surface area contributed by atoms with Crippen LogP contribution in [0.4, 0.5) is 36.8 Å². The van der Waals surface area contributed by atoms with Gasteiger partial charge in [0.2, 0.25) is 11.8 Å². The second kappa shape index (κ2) is 28.6. The molecule has 0 unspecified atom stereocenters. The molecule has 0 aliphatic carbocycles. The number of thiazole rings is 2. The van der Waals surface area contributed by atoms with Gasteiger partial charge in [0.05, 0.1) is 43.1 Å². The minimum Gasteiger partial charge on any atom is -0.491 e. The van der Waals surface area contributed by atoms with Crippen LogP contribution in [-0.2, 0) is 38.5 Å². The number of amides is 4. The average molecular weight is 1200 g/mol. The second-order valence-corrected chi connectivity index (χ2v) is 23.4. The first-order valence-electron chi connectivity index (χ1n) is 27.0. The molecule has 7 rings (SSSR count). The van der Waals surface area contributed by atoms with Crippen molar-refractivity contribution in [2.45, 2.75) is 108 Å². The number of quaternary nitrogens is 1. The van der Waals surface area contributed by atoms with Gasteiger partial charge in [-0.05, 0) is 117 Å². The number of halogens is 1. The van der Waals surface area contributed by atoms with Crippen LogP contribution in [0.25, 0.3) is 10.2 Å². The molecule has 1 saturated heterocycles. The Bertz CT molecular complexity index is 3370. The number of anilines is 5. The Morgan fingerprint density at radius 1 is 0.917 bits per heavy atom. The highest BCUT2D eigenvalue weighted by Crippen LogP contribution is 2.34. The van der Waals surface area contributed by atoms with Crippen LogP contribution in [0.1, 0.15) is 77.2 Å². The molecule has 3 aromatic heterocycles. The van der Waals surface area contributed by atoms with Crippen molar-refractivity contribution in [2.24, 2.45) is 17.4 Å². The van der Waals surface area contributed by atoms with E-state index in [-0.39, 0.29) is 67.2 Å². The number of carbonyl (C=O) groups is 5. The second-order valence-electron chi connectivity index (χ2n) is 21.3. The van der Waals surface area contributed by atoms with Gasteiger partial charge in [-0.1, -0.05) is 49.3 Å². The maximum Gasteiger partial charge on any atom is 0.355 e. The van der Waals surface area contributed by atoms with Gasteiger partial charge in [-0.2, -0.15) is 0 Å². The lowest BCUT2D eigenvalue weighted by atomic mass is 9.90. The number of aliphatic carboxylic acids is 1. The van der Waals surface area contributed by atoms with E-state index < -0.39 is 78.2 Å². The molecule has 0 radical (unpaired) electrons. The first-order valence-corrected chi connectivity index (χ1v) is 28.6. The molecule has 1 fully saturated rings. The highest BCUT2D eigenvalue weighted by Gasteiger charge is 2.46. The van der Waals surface area contributed by atoms with E-state index in [4.69, 9.17) is 20.9 Å². The normalized spacial score (nSPS) is 17.6. The largest absolute Gasteiger partial charge is 0.491 e. The number of para-hydroxylation sites is 1. The summed E-state index contributed by atoms with van der Waals surface area (Å²) in [4.78, 5) is 73.5. The van der Waals surface area contributed by atoms with Crippen molar-refractivity contribution in [1.29, 1.82) is 0 Å². The van der Waals surface area contributed by atoms with E-state index in [1.54, 1.807) is 50.1 Å². The van der Waals surface area contributed by atoms with Crippen molar-refractivity contribution < 1.29 is 67.9 Å². The van der Waals surface area contributed by atoms with Crippen molar-refractivity contribution in [3.05, 3.63) is 105 Å². The van der Waals surface area contributed by atoms with Gasteiger partial charge in [-0.25, -0.2) is 28.7 Å². The number of carbonyl (C=O) groups excluding carboxylic acids is 3. The van der Waals surface area contributed by atoms with Crippen LogP contribution in [-0.4, -0.2) is 163 Å². The third-order valence-corrected chi connectivity index (χ3v) is 16.0. The smallest absolute Gasteiger partial charge is 0.355 e. The molecular formula is C57H70FN12O12S2+. The molecule has 448 valence electrons. The summed E-state index contributed by atoms with van der Waals surface area (Å²) in [7, 11) is 5.56. The number of aryl methyl sites for hydroxylation is 3. The molecule has 1 aliphatic heterocycles. The molecule has 13 N–H and O–H groups in total. The van der Waals surface area contributed by atoms with Crippen molar-refractivity contribution in [3.63, 3.8) is 0 Å². The fraction of sp³-hybridized carbons (Fsp3) is 0.421. The summed E-state index contributed by atoms with van der Waals surface area (Å²) in [5.74, 6) is 2.42. The van der Waals surface area contributed by atoms with Gasteiger partial charge >= 0.3 is 18.0 Å². The molecule has 0 saturated carbocycles. The molecule has 6 aromatic rings. The van der Waals surface area contributed by atoms with Crippen LogP contribution in [0.3, 0.4) is 0 Å². The third kappa shape index (κ3) is 16.9. The SMILES string of the molecule is Cc1cc(N(C)c2nc(C(=O)O)c(CCCOc3ccc(C#CC[N+](C)(C)Cc4ccc(NC(=O)[C@H](CCCNC(N)=O)NC(=O)[C@@H](N)C(C)C)cc4CC[C@@H]4O[C@H](C(=O)O)[C@@H](O)[C@H](O)[C@H]4O)cc3F)s2)nnc1Nc1nc2ccccc2s1. The standard InChI is InChI=1S/C57H69FN12O12S2/c1-30(2)44(59)52(75)63-38(14-9-23-61-55(60)80)51(74)62-35-20-18-34(33(28-35)19-22-40-46(71)47(72)48(73)49(82-40)54(78)79)29-70(5,6)24-10-12-32-17-21-39(36(58)27-32)81-25-11-16-42-45(53(76)77)65-57(84-42)69(4)43-26-31(3)50(68-67-43)66-56-64-37-13-7-8-15-41(37)83-56/h7-8,13,15,17-18,20-21,26-28,30,38,40,44,46-49,71-73H,9,11,14,16,19,22-25,29,59H2,1-6H3,(H7-,60,61,62,63,64,66,68,74,75,76,77,78,79,80)/p+1/t38-,40-,44-,46-,47+,48-,49-/m0/s1. The number of benzene rings is 3. The lowest BCUT2D eigenvalue weighted by Gasteiger charge is -2.39. The predicted octanol–water partition coefficient (Wildman–Crippen LogP) is 4.56. The number of carboxylic acid groups (broad SMARTS) is 2. The molecule has 84 heavy (non-hydrogen) atoms. The van der Waals surface area contributed by atoms with Crippen LogP contribution in [0.2, 0.25) is 0 Å². The Morgan fingerprint density at radius 3 is 2.37 bits per heavy atom. The van der Waals surface area contributed by atoms with Crippen LogP contribution in [0.5, 0.6) is 5.75 Å². The predicted molar refractivity (Wildman–Crippen MR) is 314 cm³/mol. The zero-order chi connectivity index (χ0) is 61.0. The fourth-order valence-corrected chi connectivity index (χ4v) is 11.0. The van der Waals surface area contributed by atoms with Crippen molar-refractivity contribution in [3.8, 4) is 17.6 Å². The van der Waals surface area contributed by atoms with E-state index in [0.717, 1.165) is 21.3 Å². The average Bonchev–Trinajstić information content (AvgIpc) is 4.18. The number of aliphatic hydroxyl groups excluding tert-OH is 3. The number of aliphatic hydroxyl groups is 3. The van der Waals surface area contributed by atoms with Crippen molar-refractivity contribution in [2.75, 3.05) is 56.4 Å². The lowest BCUT2D eigenvalue weighted by Crippen LogP contribution is -2.59. The number of fused-ring (bicyclic) bond motifs is 1. The van der Waals surface area contributed by atoms with Gasteiger partial charge in [-0.3, -0.25) is 9.59 Å². The van der Waals surface area contributed by atoms with E-state index in [2.05, 4.69) is 53.3 Å². The lowest BCUT2D eigenvalue weighted by molar-refractivity contribution is -0.896. The summed E-state index contributed by atoms with van der Waals surface area (Å²) in [6.45, 7) is 6.25. The molecule has 4 heterocycles. The number of nitrogens with two attached hydrogens (primary N) is 2. The van der Waals surface area contributed by atoms with Gasteiger partial charge in [0.15, 0.2) is 45.3 Å². The van der Waals surface area contributed by atoms with Crippen LogP contribution < -0.4 is 42.4 Å². The molecule has 0 bridgehead atoms. The van der Waals surface area contributed by atoms with E-state index in [1.807, 2.05) is 51.4 Å². The summed E-state index contributed by atoms with van der Waals surface area (Å²) < 4.78 is 28.1. The van der Waals surface area contributed by atoms with E-state index >= 15 is 4.39 Å². The number of hydrogen-bond donors (Lipinski definition) is 11. The van der Waals surface area contributed by atoms with Gasteiger partial charge in [0.1, 0.15) is 37.4 Å². The number of carboxylic acids is 2. The van der Waals surface area contributed by atoms with Gasteiger partial charge < -0.3 is 77.1 Å². The Labute approximate surface area is 492 Å². The number of nitrogens with zero attached hydrogens (tertiary/aromatic N) is 6. The Kier molecular flexibility index (Phi) is 21.6. The first kappa shape index (κ1) is 63.6. The minimum atomic E-state index is -1.87. The monoisotopic (exact) mass is 1200 g/mol. The molecule has 7 atom stereocenters. The Balaban J connectivity index is 0.976. The molecule has 0 spiro atoms. The maximum atomic E-state index is 15.5. The Hall–Kier alpha value is -7.94. The fourth-order valence-electron chi connectivity index (χ4n) is 9.05. The van der Waals surface area contributed by atoms with E-state index in [0.29, 0.717) is 63.0 Å². The number of urea groups is 1. The van der Waals surface area contributed by atoms with E-state index in [9.17, 15) is 49.5 Å². The summed E-state index contributed by atoms with van der Waals surface area (Å²) in [5, 5.41) is 72.4. The molecular weight excluding hydrogens is 1130 g/mol. The topological polar surface area (TPSA) is 360 Å². The quantitative estimate of drug-likeness (QED) is 0.0201. The highest BCUT2D eigenvalue weighted by atomic mass is 32.1. The highest BCUT2D eigenvalue weighted by molar-refractivity contribution is 7.22. The van der Waals surface area contributed by atoms with Gasteiger partial charge in [-0.15, -0.1) is 21.5 Å². The van der Waals surface area contributed by atoms with Crippen LogP contribution in [0.15, 0.2) is 66.7 Å². The first-order chi connectivity index (χ1) is 39.9. The maximum absolute atomic E-state index is 15.5. The zero-order valence-electron chi connectivity index (χ0n) is 47.2. The molecule has 1 aliphatic rings. The summed E-state index contributed by atoms with van der Waals surface area (Å²) in [5.41, 5.74) is 15.0. The number of aromatic carboxylic acids is 1. The number of rotatable bonds is 26. The van der Waals surface area contributed by atoms with Crippen LogP contribution >= 0.6 is 22.7 Å². The van der Waals surface area contributed by atoms with Crippen LogP contribution in [0, 0.1) is 30.5 Å². The number of hydrogen-bond acceptors (Lipinski definition) is 19. The minimum absolute atomic E-state index is 0.00804. The number of nitrogens with one attached hydrogen (secondary N) is 4. The molecule has 4 amide bonds. The van der Waals surface area contributed by atoms with E-state index in [1.165, 1.54) is 34.8 Å². The number of primary amides is 1. The summed E-state index contributed by atoms with van der Waals surface area (Å²) in [6.07, 6.45) is -7.10. The third-order valence-electron chi connectivity index (χ3n) is 13.8. The number of aromatic nitrogens is 4. The zero-order valence-corrected chi connectivity index (χ0v) is 48.8. The van der Waals surface area contributed by atoms with Crippen molar-refractivity contribution in [1.82, 2.24) is 30.8 Å². The number of ether oxygens (including phenoxy) is 2. The summed E-state index contributed by atoms with van der Waals surface area (Å²) >= 11 is 2.69. The molecule has 3 aromatic carbocycles. The molecule has 24 nitrogen and oxygen atoms in total. The molecule has 27 heteroatoms. The van der Waals surface area contributed by atoms with Crippen molar-refractivity contribution >= 4 is 90.3 Å². The van der Waals surface area contributed by atoms with Gasteiger partial charge in [0, 0.05) is 35.3 Å². The van der Waals surface area contributed by atoms with Gasteiger partial charge in [0.25, 0.3) is 0 Å².